The van der Waals surface area contributed by atoms with Gasteiger partial charge in [0.1, 0.15) is 0 Å². The van der Waals surface area contributed by atoms with E-state index in [1.807, 2.05) is 20.8 Å². The zero-order chi connectivity index (χ0) is 12.3. The Hall–Kier alpha value is -0.790. The first-order valence-corrected chi connectivity index (χ1v) is 5.74. The molecule has 1 nitrogen and oxygen atoms in total. The summed E-state index contributed by atoms with van der Waals surface area (Å²) >= 11 is 11.9. The van der Waals surface area contributed by atoms with Crippen molar-refractivity contribution in [1.82, 2.24) is 0 Å². The highest BCUT2D eigenvalue weighted by Gasteiger charge is 2.16. The van der Waals surface area contributed by atoms with Crippen molar-refractivity contribution in [2.24, 2.45) is 5.41 Å². The van der Waals surface area contributed by atoms with Gasteiger partial charge in [-0.3, -0.25) is 4.79 Å². The summed E-state index contributed by atoms with van der Waals surface area (Å²) in [5, 5.41) is 1.09. The maximum Gasteiger partial charge on any atom is 0.187 e. The molecule has 3 heteroatoms. The van der Waals surface area contributed by atoms with E-state index in [2.05, 4.69) is 0 Å². The van der Waals surface area contributed by atoms with Crippen LogP contribution in [0.1, 0.15) is 31.1 Å². The van der Waals surface area contributed by atoms with Crippen LogP contribution in [0.3, 0.4) is 0 Å². The van der Waals surface area contributed by atoms with Crippen LogP contribution < -0.4 is 0 Å². The van der Waals surface area contributed by atoms with Crippen molar-refractivity contribution in [3.8, 4) is 0 Å². The van der Waals surface area contributed by atoms with E-state index in [0.29, 0.717) is 15.6 Å². The first-order valence-electron chi connectivity index (χ1n) is 4.98. The molecule has 0 fully saturated rings. The molecule has 0 radical (unpaired) electrons. The normalized spacial score (nSPS) is 12.7. The van der Waals surface area contributed by atoms with Gasteiger partial charge in [0, 0.05) is 21.7 Å². The SMILES string of the molecule is CC(C)(C)/C(Cl)=C/C(=O)c1cccc(Cl)c1. The molecule has 16 heavy (non-hydrogen) atoms. The summed E-state index contributed by atoms with van der Waals surface area (Å²) in [7, 11) is 0. The third-order valence-electron chi connectivity index (χ3n) is 2.08. The van der Waals surface area contributed by atoms with E-state index in [1.54, 1.807) is 24.3 Å². The van der Waals surface area contributed by atoms with E-state index in [0.717, 1.165) is 0 Å². The fourth-order valence-electron chi connectivity index (χ4n) is 1.06. The van der Waals surface area contributed by atoms with E-state index < -0.39 is 0 Å². The van der Waals surface area contributed by atoms with Crippen LogP contribution in [-0.2, 0) is 0 Å². The Kier molecular flexibility index (Phi) is 4.17. The summed E-state index contributed by atoms with van der Waals surface area (Å²) in [5.74, 6) is -0.123. The summed E-state index contributed by atoms with van der Waals surface area (Å²) in [4.78, 5) is 11.8. The summed E-state index contributed by atoms with van der Waals surface area (Å²) in [5.41, 5.74) is 0.338. The number of halogens is 2. The summed E-state index contributed by atoms with van der Waals surface area (Å²) in [6, 6.07) is 6.83. The second-order valence-electron chi connectivity index (χ2n) is 4.62. The van der Waals surface area contributed by atoms with Crippen LogP contribution in [0.15, 0.2) is 35.4 Å². The van der Waals surface area contributed by atoms with E-state index in [1.165, 1.54) is 6.08 Å². The molecular weight excluding hydrogens is 243 g/mol. The number of rotatable bonds is 2. The third kappa shape index (κ3) is 3.66. The highest BCUT2D eigenvalue weighted by atomic mass is 35.5. The van der Waals surface area contributed by atoms with Gasteiger partial charge in [-0.2, -0.15) is 0 Å². The molecule has 0 spiro atoms. The predicted octanol–water partition coefficient (Wildman–Crippen LogP) is 4.69. The van der Waals surface area contributed by atoms with Gasteiger partial charge in [0.25, 0.3) is 0 Å². The molecule has 0 aliphatic rings. The molecule has 1 rings (SSSR count). The lowest BCUT2D eigenvalue weighted by molar-refractivity contribution is 0.104. The molecule has 0 aliphatic carbocycles. The van der Waals surface area contributed by atoms with Crippen molar-refractivity contribution in [3.05, 3.63) is 46.0 Å². The largest absolute Gasteiger partial charge is 0.289 e. The van der Waals surface area contributed by atoms with Crippen molar-refractivity contribution in [1.29, 1.82) is 0 Å². The van der Waals surface area contributed by atoms with Gasteiger partial charge in [0.2, 0.25) is 0 Å². The monoisotopic (exact) mass is 256 g/mol. The smallest absolute Gasteiger partial charge is 0.187 e. The average Bonchev–Trinajstić information content (AvgIpc) is 2.16. The predicted molar refractivity (Wildman–Crippen MR) is 69.2 cm³/mol. The number of hydrogen-bond acceptors (Lipinski definition) is 1. The van der Waals surface area contributed by atoms with Crippen LogP contribution in [-0.4, -0.2) is 5.78 Å². The number of hydrogen-bond donors (Lipinski definition) is 0. The molecule has 0 heterocycles. The average molecular weight is 257 g/mol. The molecule has 0 amide bonds. The molecule has 86 valence electrons. The Bertz CT molecular complexity index is 428. The van der Waals surface area contributed by atoms with E-state index in [9.17, 15) is 4.79 Å². The van der Waals surface area contributed by atoms with Crippen LogP contribution >= 0.6 is 23.2 Å². The maximum atomic E-state index is 11.8. The second kappa shape index (κ2) is 5.03. The van der Waals surface area contributed by atoms with Gasteiger partial charge in [-0.25, -0.2) is 0 Å². The first-order chi connectivity index (χ1) is 7.30. The zero-order valence-corrected chi connectivity index (χ0v) is 11.1. The Morgan fingerprint density at radius 1 is 1.31 bits per heavy atom. The van der Waals surface area contributed by atoms with Gasteiger partial charge in [-0.1, -0.05) is 56.1 Å². The summed E-state index contributed by atoms with van der Waals surface area (Å²) in [6.07, 6.45) is 1.45. The Labute approximate surface area is 106 Å². The lowest BCUT2D eigenvalue weighted by Gasteiger charge is -2.16. The highest BCUT2D eigenvalue weighted by molar-refractivity contribution is 6.33. The number of carbonyl (C=O) groups is 1. The minimum atomic E-state index is -0.213. The fourth-order valence-corrected chi connectivity index (χ4v) is 1.35. The van der Waals surface area contributed by atoms with E-state index in [-0.39, 0.29) is 11.2 Å². The van der Waals surface area contributed by atoms with Gasteiger partial charge in [-0.15, -0.1) is 0 Å². The first kappa shape index (κ1) is 13.3. The Morgan fingerprint density at radius 2 is 1.94 bits per heavy atom. The molecule has 0 atom stereocenters. The molecule has 0 saturated heterocycles. The second-order valence-corrected chi connectivity index (χ2v) is 5.46. The molecule has 1 aromatic carbocycles. The minimum Gasteiger partial charge on any atom is -0.289 e. The molecule has 0 bridgehead atoms. The molecule has 0 aliphatic heterocycles. The number of benzene rings is 1. The van der Waals surface area contributed by atoms with Gasteiger partial charge in [-0.05, 0) is 17.5 Å². The number of allylic oxidation sites excluding steroid dienone is 2. The molecule has 1 aromatic rings. The summed E-state index contributed by atoms with van der Waals surface area (Å²) in [6.45, 7) is 5.87. The molecule has 0 unspecified atom stereocenters. The lowest BCUT2D eigenvalue weighted by atomic mass is 9.94. The van der Waals surface area contributed by atoms with Crippen molar-refractivity contribution in [2.45, 2.75) is 20.8 Å². The standard InChI is InChI=1S/C13H14Cl2O/c1-13(2,3)12(15)8-11(16)9-5-4-6-10(14)7-9/h4-8H,1-3H3/b12-8-. The molecule has 0 N–H and O–H groups in total. The highest BCUT2D eigenvalue weighted by Crippen LogP contribution is 2.28. The van der Waals surface area contributed by atoms with Crippen LogP contribution in [0, 0.1) is 5.41 Å². The quantitative estimate of drug-likeness (QED) is 0.554. The van der Waals surface area contributed by atoms with Gasteiger partial charge < -0.3 is 0 Å². The molecule has 0 saturated carbocycles. The van der Waals surface area contributed by atoms with E-state index in [4.69, 9.17) is 23.2 Å². The lowest BCUT2D eigenvalue weighted by Crippen LogP contribution is -2.07. The van der Waals surface area contributed by atoms with Crippen LogP contribution in [0.2, 0.25) is 5.02 Å². The molecular formula is C13H14Cl2O. The van der Waals surface area contributed by atoms with Crippen molar-refractivity contribution < 1.29 is 4.79 Å². The zero-order valence-electron chi connectivity index (χ0n) is 9.55. The Morgan fingerprint density at radius 3 is 2.44 bits per heavy atom. The number of carbonyl (C=O) groups excluding carboxylic acids is 1. The molecule has 0 aromatic heterocycles. The van der Waals surface area contributed by atoms with Crippen molar-refractivity contribution in [2.75, 3.05) is 0 Å². The van der Waals surface area contributed by atoms with Crippen LogP contribution in [0.5, 0.6) is 0 Å². The maximum absolute atomic E-state index is 11.8. The Balaban J connectivity index is 2.97. The van der Waals surface area contributed by atoms with Gasteiger partial charge in [0.05, 0.1) is 0 Å². The van der Waals surface area contributed by atoms with Gasteiger partial charge >= 0.3 is 0 Å². The van der Waals surface area contributed by atoms with Crippen molar-refractivity contribution >= 4 is 29.0 Å². The number of ketones is 1. The van der Waals surface area contributed by atoms with Gasteiger partial charge in [0.15, 0.2) is 5.78 Å². The minimum absolute atomic E-state index is 0.123. The fraction of sp³-hybridized carbons (Fsp3) is 0.308. The topological polar surface area (TPSA) is 17.1 Å². The third-order valence-corrected chi connectivity index (χ3v) is 2.99. The van der Waals surface area contributed by atoms with Crippen molar-refractivity contribution in [3.63, 3.8) is 0 Å². The van der Waals surface area contributed by atoms with Crippen LogP contribution in [0.4, 0.5) is 0 Å². The van der Waals surface area contributed by atoms with Crippen LogP contribution in [0.25, 0.3) is 0 Å². The summed E-state index contributed by atoms with van der Waals surface area (Å²) < 4.78 is 0. The van der Waals surface area contributed by atoms with E-state index >= 15 is 0 Å².